The summed E-state index contributed by atoms with van der Waals surface area (Å²) in [4.78, 5) is 12.4. The zero-order chi connectivity index (χ0) is 19.0. The Morgan fingerprint density at radius 1 is 1.07 bits per heavy atom. The molecule has 1 fully saturated rings. The van der Waals surface area contributed by atoms with E-state index in [4.69, 9.17) is 0 Å². The molecule has 0 bridgehead atoms. The van der Waals surface area contributed by atoms with E-state index in [0.29, 0.717) is 16.2 Å². The van der Waals surface area contributed by atoms with Gasteiger partial charge in [-0.15, -0.1) is 0 Å². The molecule has 6 nitrogen and oxygen atoms in total. The summed E-state index contributed by atoms with van der Waals surface area (Å²) >= 11 is 0. The van der Waals surface area contributed by atoms with Gasteiger partial charge in [0.15, 0.2) is 0 Å². The average molecular weight is 388 g/mol. The lowest BCUT2D eigenvalue weighted by Crippen LogP contribution is -2.33. The molecule has 2 N–H and O–H groups in total. The van der Waals surface area contributed by atoms with E-state index in [1.54, 1.807) is 6.07 Å². The lowest BCUT2D eigenvalue weighted by Gasteiger charge is -2.19. The summed E-state index contributed by atoms with van der Waals surface area (Å²) in [6.07, 6.45) is 7.50. The molecular weight excluding hydrogens is 362 g/mol. The number of aromatic amines is 1. The van der Waals surface area contributed by atoms with Gasteiger partial charge in [-0.3, -0.25) is 4.79 Å². The number of fused-ring (bicyclic) bond motifs is 1. The highest BCUT2D eigenvalue weighted by atomic mass is 32.2. The van der Waals surface area contributed by atoms with Crippen LogP contribution in [0.1, 0.15) is 55.2 Å². The van der Waals surface area contributed by atoms with Gasteiger partial charge in [0.25, 0.3) is 5.56 Å². The predicted molar refractivity (Wildman–Crippen MR) is 104 cm³/mol. The third kappa shape index (κ3) is 3.58. The number of aromatic nitrogens is 2. The van der Waals surface area contributed by atoms with Crippen LogP contribution in [0.4, 0.5) is 0 Å². The quantitative estimate of drug-likeness (QED) is 0.844. The van der Waals surface area contributed by atoms with Crippen LogP contribution in [0.15, 0.2) is 27.9 Å². The normalized spacial score (nSPS) is 17.8. The summed E-state index contributed by atoms with van der Waals surface area (Å²) in [5.41, 5.74) is 3.77. The number of benzene rings is 1. The highest BCUT2D eigenvalue weighted by Gasteiger charge is 2.25. The maximum Gasteiger partial charge on any atom is 0.267 e. The van der Waals surface area contributed by atoms with E-state index in [0.717, 1.165) is 68.1 Å². The molecule has 27 heavy (non-hydrogen) atoms. The van der Waals surface area contributed by atoms with Crippen molar-refractivity contribution in [2.24, 2.45) is 0 Å². The third-order valence-corrected chi connectivity index (χ3v) is 7.39. The summed E-state index contributed by atoms with van der Waals surface area (Å²) in [6.45, 7) is 1.81. The molecule has 1 heterocycles. The fraction of sp³-hybridized carbons (Fsp3) is 0.500. The lowest BCUT2D eigenvalue weighted by atomic mass is 9.90. The molecule has 2 aromatic rings. The molecule has 0 saturated heterocycles. The maximum absolute atomic E-state index is 12.9. The van der Waals surface area contributed by atoms with Crippen molar-refractivity contribution in [1.29, 1.82) is 0 Å². The lowest BCUT2D eigenvalue weighted by molar-refractivity contribution is 0.551. The molecule has 0 amide bonds. The molecule has 4 rings (SSSR count). The van der Waals surface area contributed by atoms with Crippen LogP contribution in [0.2, 0.25) is 0 Å². The van der Waals surface area contributed by atoms with Crippen LogP contribution in [0, 0.1) is 6.92 Å². The van der Waals surface area contributed by atoms with E-state index < -0.39 is 10.0 Å². The van der Waals surface area contributed by atoms with Crippen molar-refractivity contribution in [1.82, 2.24) is 14.9 Å². The van der Waals surface area contributed by atoms with Crippen molar-refractivity contribution in [2.45, 2.75) is 69.2 Å². The Hall–Kier alpha value is -1.99. The van der Waals surface area contributed by atoms with Crippen molar-refractivity contribution in [2.75, 3.05) is 0 Å². The fourth-order valence-corrected chi connectivity index (χ4v) is 5.84. The monoisotopic (exact) mass is 387 g/mol. The van der Waals surface area contributed by atoms with Crippen LogP contribution in [-0.2, 0) is 22.9 Å². The highest BCUT2D eigenvalue weighted by molar-refractivity contribution is 7.89. The summed E-state index contributed by atoms with van der Waals surface area (Å²) in [5, 5.41) is 6.85. The Labute approximate surface area is 159 Å². The minimum atomic E-state index is -3.58. The van der Waals surface area contributed by atoms with Crippen LogP contribution >= 0.6 is 0 Å². The maximum atomic E-state index is 12.9. The van der Waals surface area contributed by atoms with Crippen molar-refractivity contribution < 1.29 is 8.42 Å². The fourth-order valence-electron chi connectivity index (χ4n) is 4.26. The Kier molecular flexibility index (Phi) is 4.90. The summed E-state index contributed by atoms with van der Waals surface area (Å²) in [5.74, 6) is 0. The van der Waals surface area contributed by atoms with E-state index in [1.807, 2.05) is 19.1 Å². The molecule has 2 aliphatic carbocycles. The molecule has 0 radical (unpaired) electrons. The number of aryl methyl sites for hydroxylation is 1. The SMILES string of the molecule is Cc1ccc(-c2n[nH]c(=O)c3c2CCCC3)cc1S(=O)(=O)NC1CCCC1. The van der Waals surface area contributed by atoms with Gasteiger partial charge in [0.2, 0.25) is 10.0 Å². The molecular formula is C20H25N3O3S. The Balaban J connectivity index is 1.76. The minimum absolute atomic E-state index is 0.0250. The third-order valence-electron chi connectivity index (χ3n) is 5.73. The van der Waals surface area contributed by atoms with Gasteiger partial charge in [0.1, 0.15) is 0 Å². The first-order chi connectivity index (χ1) is 13.0. The van der Waals surface area contributed by atoms with Crippen LogP contribution in [0.25, 0.3) is 11.3 Å². The van der Waals surface area contributed by atoms with Gasteiger partial charge in [0.05, 0.1) is 10.6 Å². The molecule has 0 spiro atoms. The Morgan fingerprint density at radius 2 is 1.78 bits per heavy atom. The molecule has 1 saturated carbocycles. The van der Waals surface area contributed by atoms with E-state index in [2.05, 4.69) is 14.9 Å². The van der Waals surface area contributed by atoms with Gasteiger partial charge in [0, 0.05) is 17.2 Å². The molecule has 2 aliphatic rings. The first kappa shape index (κ1) is 18.4. The standard InChI is InChI=1S/C20H25N3O3S/c1-13-10-11-14(12-18(13)27(25,26)23-15-6-2-3-7-15)19-16-8-4-5-9-17(16)20(24)22-21-19/h10-12,15,23H,2-9H2,1H3,(H,22,24). The Bertz CT molecular complexity index is 1020. The van der Waals surface area contributed by atoms with Crippen LogP contribution < -0.4 is 10.3 Å². The van der Waals surface area contributed by atoms with Crippen LogP contribution in [0.3, 0.4) is 0 Å². The van der Waals surface area contributed by atoms with Crippen molar-refractivity contribution in [3.8, 4) is 11.3 Å². The number of rotatable bonds is 4. The summed E-state index contributed by atoms with van der Waals surface area (Å²) < 4.78 is 28.7. The summed E-state index contributed by atoms with van der Waals surface area (Å²) in [7, 11) is -3.58. The van der Waals surface area contributed by atoms with Gasteiger partial charge in [-0.05, 0) is 62.6 Å². The number of H-pyrrole nitrogens is 1. The number of hydrogen-bond donors (Lipinski definition) is 2. The van der Waals surface area contributed by atoms with Gasteiger partial charge >= 0.3 is 0 Å². The molecule has 0 aliphatic heterocycles. The van der Waals surface area contributed by atoms with Crippen LogP contribution in [0.5, 0.6) is 0 Å². The Morgan fingerprint density at radius 3 is 2.52 bits per heavy atom. The number of hydrogen-bond acceptors (Lipinski definition) is 4. The molecule has 1 aromatic heterocycles. The molecule has 0 atom stereocenters. The van der Waals surface area contributed by atoms with Crippen molar-refractivity contribution in [3.05, 3.63) is 45.2 Å². The zero-order valence-electron chi connectivity index (χ0n) is 15.5. The number of nitrogens with zero attached hydrogens (tertiary/aromatic N) is 1. The van der Waals surface area contributed by atoms with Gasteiger partial charge in [-0.25, -0.2) is 18.2 Å². The van der Waals surface area contributed by atoms with E-state index >= 15 is 0 Å². The second-order valence-corrected chi connectivity index (χ2v) is 9.33. The molecule has 7 heteroatoms. The van der Waals surface area contributed by atoms with E-state index in [1.165, 1.54) is 0 Å². The highest BCUT2D eigenvalue weighted by Crippen LogP contribution is 2.30. The topological polar surface area (TPSA) is 91.9 Å². The zero-order valence-corrected chi connectivity index (χ0v) is 16.4. The van der Waals surface area contributed by atoms with Crippen LogP contribution in [-0.4, -0.2) is 24.7 Å². The van der Waals surface area contributed by atoms with Crippen molar-refractivity contribution in [3.63, 3.8) is 0 Å². The van der Waals surface area contributed by atoms with E-state index in [9.17, 15) is 13.2 Å². The molecule has 1 aromatic carbocycles. The molecule has 0 unspecified atom stereocenters. The second-order valence-electron chi connectivity index (χ2n) is 7.65. The summed E-state index contributed by atoms with van der Waals surface area (Å²) in [6, 6.07) is 5.43. The minimum Gasteiger partial charge on any atom is -0.268 e. The van der Waals surface area contributed by atoms with E-state index in [-0.39, 0.29) is 11.6 Å². The van der Waals surface area contributed by atoms with Gasteiger partial charge in [-0.1, -0.05) is 25.0 Å². The first-order valence-corrected chi connectivity index (χ1v) is 11.2. The van der Waals surface area contributed by atoms with Gasteiger partial charge in [-0.2, -0.15) is 5.10 Å². The molecule has 144 valence electrons. The average Bonchev–Trinajstić information content (AvgIpc) is 3.15. The number of sulfonamides is 1. The van der Waals surface area contributed by atoms with Gasteiger partial charge < -0.3 is 0 Å². The van der Waals surface area contributed by atoms with Crippen molar-refractivity contribution >= 4 is 10.0 Å². The smallest absolute Gasteiger partial charge is 0.267 e. The second kappa shape index (κ2) is 7.20. The largest absolute Gasteiger partial charge is 0.268 e. The predicted octanol–water partition coefficient (Wildman–Crippen LogP) is 2.85. The first-order valence-electron chi connectivity index (χ1n) is 9.69. The number of nitrogens with one attached hydrogen (secondary N) is 2.